The molecule has 0 unspecified atom stereocenters. The lowest BCUT2D eigenvalue weighted by Gasteiger charge is -2.21. The summed E-state index contributed by atoms with van der Waals surface area (Å²) in [7, 11) is 0. The summed E-state index contributed by atoms with van der Waals surface area (Å²) in [6.45, 7) is 11.4. The van der Waals surface area contributed by atoms with Crippen LogP contribution in [0.5, 0.6) is 5.75 Å². The van der Waals surface area contributed by atoms with Crippen LogP contribution in [0.2, 0.25) is 0 Å². The third-order valence-electron chi connectivity index (χ3n) is 9.38. The van der Waals surface area contributed by atoms with E-state index < -0.39 is 41.3 Å². The zero-order chi connectivity index (χ0) is 42.4. The van der Waals surface area contributed by atoms with Gasteiger partial charge in [0.2, 0.25) is 11.8 Å². The molecule has 1 aromatic rings. The maximum atomic E-state index is 13.8. The molecule has 1 aromatic carbocycles. The van der Waals surface area contributed by atoms with Crippen LogP contribution >= 0.6 is 15.9 Å². The van der Waals surface area contributed by atoms with Crippen molar-refractivity contribution < 1.29 is 47.4 Å². The lowest BCUT2D eigenvalue weighted by molar-refractivity contribution is -0.131. The van der Waals surface area contributed by atoms with Gasteiger partial charge < -0.3 is 35.5 Å². The van der Waals surface area contributed by atoms with Gasteiger partial charge in [-0.05, 0) is 118 Å². The Morgan fingerprint density at radius 1 is 0.684 bits per heavy atom. The van der Waals surface area contributed by atoms with Crippen molar-refractivity contribution in [2.75, 3.05) is 25.0 Å². The van der Waals surface area contributed by atoms with E-state index in [0.29, 0.717) is 38.8 Å². The summed E-state index contributed by atoms with van der Waals surface area (Å²) >= 11 is 3.18. The Bertz CT molecular complexity index is 1440. The molecule has 4 amide bonds. The number of ketones is 2. The number of rotatable bonds is 20. The fourth-order valence-corrected chi connectivity index (χ4v) is 6.83. The number of para-hydroxylation sites is 1. The second-order valence-electron chi connectivity index (χ2n) is 16.7. The Morgan fingerprint density at radius 3 is 1.51 bits per heavy atom. The predicted molar refractivity (Wildman–Crippen MR) is 220 cm³/mol. The molecule has 3 rings (SSSR count). The topological polar surface area (TPSA) is 178 Å². The molecule has 2 saturated carbocycles. The van der Waals surface area contributed by atoms with Crippen LogP contribution in [0.25, 0.3) is 0 Å². The summed E-state index contributed by atoms with van der Waals surface area (Å²) in [4.78, 5) is 72.9. The van der Waals surface area contributed by atoms with E-state index in [1.807, 2.05) is 20.8 Å². The first-order chi connectivity index (χ1) is 26.9. The number of hydrogen-bond acceptors (Lipinski definition) is 9. The molecule has 0 saturated heterocycles. The summed E-state index contributed by atoms with van der Waals surface area (Å²) in [5.41, 5.74) is -1.08. The van der Waals surface area contributed by atoms with Gasteiger partial charge in [0.25, 0.3) is 0 Å². The smallest absolute Gasteiger partial charge is 0.407 e. The molecule has 2 aliphatic carbocycles. The highest BCUT2D eigenvalue weighted by Crippen LogP contribution is 2.26. The zero-order valence-electron chi connectivity index (χ0n) is 34.8. The van der Waals surface area contributed by atoms with Gasteiger partial charge in [0.15, 0.2) is 23.1 Å². The Morgan fingerprint density at radius 2 is 1.11 bits per heavy atom. The van der Waals surface area contributed by atoms with Crippen LogP contribution in [0.3, 0.4) is 0 Å². The number of alkyl carbamates (subject to hydrolysis) is 2. The standard InChI is InChI=1S/C24H35FN2O5.C18H31BrN2O4/c1-24(2,3)32-23(30)26-15-9-8-13-19(27-22(29)17-10-4-5-11-17)20(28)16-31-21-14-7-6-12-18(21)25;1-18(2,3)25-17(24)20-11-7-6-10-14(15(22)12-19)21-16(23)13-8-4-5-9-13/h6-7,12,14,17,19H,4-5,8-11,13,15-16H2,1-3H3,(H,26,30)(H,27,29);13-14H,4-12H2,1-3H3,(H,20,24)(H,21,23)/t19-;14-/m00/s1. The van der Waals surface area contributed by atoms with Crippen molar-refractivity contribution >= 4 is 51.5 Å². The SMILES string of the molecule is CC(C)(C)OC(=O)NCCCC[C@H](NC(=O)C1CCCC1)C(=O)CBr.CC(C)(C)OC(=O)NCCCC[C@H](NC(=O)C1CCCC1)C(=O)COc1ccccc1F. The van der Waals surface area contributed by atoms with Crippen LogP contribution < -0.4 is 26.0 Å². The van der Waals surface area contributed by atoms with Gasteiger partial charge in [-0.1, -0.05) is 53.7 Å². The summed E-state index contributed by atoms with van der Waals surface area (Å²) in [6, 6.07) is 4.72. The van der Waals surface area contributed by atoms with Crippen LogP contribution in [0.15, 0.2) is 24.3 Å². The molecule has 13 nitrogen and oxygen atoms in total. The fourth-order valence-electron chi connectivity index (χ4n) is 6.44. The van der Waals surface area contributed by atoms with Gasteiger partial charge in [-0.3, -0.25) is 19.2 Å². The molecule has 57 heavy (non-hydrogen) atoms. The van der Waals surface area contributed by atoms with E-state index in [1.54, 1.807) is 32.9 Å². The highest BCUT2D eigenvalue weighted by Gasteiger charge is 2.29. The van der Waals surface area contributed by atoms with Crippen molar-refractivity contribution in [2.45, 2.75) is 155 Å². The number of benzene rings is 1. The highest BCUT2D eigenvalue weighted by atomic mass is 79.9. The number of halogens is 2. The number of alkyl halides is 1. The Hall–Kier alpha value is -3.75. The van der Waals surface area contributed by atoms with Gasteiger partial charge >= 0.3 is 12.2 Å². The van der Waals surface area contributed by atoms with Gasteiger partial charge in [0.1, 0.15) is 17.8 Å². The third kappa shape index (κ3) is 21.5. The first-order valence-corrected chi connectivity index (χ1v) is 21.5. The maximum Gasteiger partial charge on any atom is 0.407 e. The van der Waals surface area contributed by atoms with Gasteiger partial charge in [-0.2, -0.15) is 0 Å². The summed E-state index contributed by atoms with van der Waals surface area (Å²) in [5.74, 6) is -0.970. The van der Waals surface area contributed by atoms with Crippen LogP contribution in [0.4, 0.5) is 14.0 Å². The summed E-state index contributed by atoms with van der Waals surface area (Å²) in [5, 5.41) is 11.4. The number of carbonyl (C=O) groups excluding carboxylic acids is 6. The molecule has 2 aliphatic rings. The Kier molecular flexibility index (Phi) is 22.2. The van der Waals surface area contributed by atoms with E-state index in [1.165, 1.54) is 12.1 Å². The van der Waals surface area contributed by atoms with E-state index >= 15 is 0 Å². The van der Waals surface area contributed by atoms with Crippen molar-refractivity contribution in [1.82, 2.24) is 21.3 Å². The number of ether oxygens (including phenoxy) is 3. The molecule has 0 aliphatic heterocycles. The molecule has 2 atom stereocenters. The largest absolute Gasteiger partial charge is 0.483 e. The number of Topliss-reactive ketones (excluding diaryl/α,β-unsaturated/α-hetero) is 2. The highest BCUT2D eigenvalue weighted by molar-refractivity contribution is 9.09. The fraction of sp³-hybridized carbons (Fsp3) is 0.714. The number of unbranched alkanes of at least 4 members (excludes halogenated alkanes) is 2. The second kappa shape index (κ2) is 25.6. The molecule has 15 heteroatoms. The second-order valence-corrected chi connectivity index (χ2v) is 17.3. The Balaban J connectivity index is 0.000000406. The average molecular weight is 870 g/mol. The van der Waals surface area contributed by atoms with Crippen LogP contribution in [-0.4, -0.2) is 83.9 Å². The van der Waals surface area contributed by atoms with E-state index in [2.05, 4.69) is 37.2 Å². The van der Waals surface area contributed by atoms with Crippen molar-refractivity contribution in [3.05, 3.63) is 30.1 Å². The first-order valence-electron chi connectivity index (χ1n) is 20.4. The maximum absolute atomic E-state index is 13.8. The molecule has 0 heterocycles. The van der Waals surface area contributed by atoms with Gasteiger partial charge in [0.05, 0.1) is 17.4 Å². The van der Waals surface area contributed by atoms with Crippen molar-refractivity contribution in [2.24, 2.45) is 11.8 Å². The zero-order valence-corrected chi connectivity index (χ0v) is 36.4. The van der Waals surface area contributed by atoms with Gasteiger partial charge in [-0.15, -0.1) is 0 Å². The van der Waals surface area contributed by atoms with Crippen LogP contribution in [0.1, 0.15) is 131 Å². The Labute approximate surface area is 346 Å². The molecule has 0 aromatic heterocycles. The van der Waals surface area contributed by atoms with E-state index in [-0.39, 0.29) is 52.9 Å². The van der Waals surface area contributed by atoms with Crippen LogP contribution in [-0.2, 0) is 28.7 Å². The molecule has 0 spiro atoms. The molecule has 322 valence electrons. The van der Waals surface area contributed by atoms with Gasteiger partial charge in [-0.25, -0.2) is 14.0 Å². The monoisotopic (exact) mass is 868 g/mol. The molecule has 4 N–H and O–H groups in total. The summed E-state index contributed by atoms with van der Waals surface area (Å²) < 4.78 is 29.5. The average Bonchev–Trinajstić information content (AvgIpc) is 3.88. The number of amides is 4. The number of hydrogen-bond donors (Lipinski definition) is 4. The number of carbonyl (C=O) groups is 6. The quantitative estimate of drug-likeness (QED) is 0.0765. The van der Waals surface area contributed by atoms with Crippen molar-refractivity contribution in [1.29, 1.82) is 0 Å². The molecular formula is C42H66BrFN4O9. The normalized spacial score (nSPS) is 15.6. The lowest BCUT2D eigenvalue weighted by Crippen LogP contribution is -2.45. The van der Waals surface area contributed by atoms with E-state index in [9.17, 15) is 33.2 Å². The molecule has 0 bridgehead atoms. The number of nitrogens with one attached hydrogen (secondary N) is 4. The summed E-state index contributed by atoms with van der Waals surface area (Å²) in [6.07, 6.45) is 10.5. The molecular weight excluding hydrogens is 803 g/mol. The van der Waals surface area contributed by atoms with Crippen LogP contribution in [0, 0.1) is 17.7 Å². The minimum atomic E-state index is -0.712. The molecule has 0 radical (unpaired) electrons. The van der Waals surface area contributed by atoms with Gasteiger partial charge in [0, 0.05) is 24.9 Å². The minimum Gasteiger partial charge on any atom is -0.483 e. The first kappa shape index (κ1) is 49.4. The third-order valence-corrected chi connectivity index (χ3v) is 9.93. The predicted octanol–water partition coefficient (Wildman–Crippen LogP) is 7.46. The van der Waals surface area contributed by atoms with Crippen molar-refractivity contribution in [3.63, 3.8) is 0 Å². The minimum absolute atomic E-state index is 0.00304. The lowest BCUT2D eigenvalue weighted by atomic mass is 10.0. The van der Waals surface area contributed by atoms with Crippen molar-refractivity contribution in [3.8, 4) is 5.75 Å². The molecule has 2 fully saturated rings. The van der Waals surface area contributed by atoms with E-state index in [4.69, 9.17) is 14.2 Å². The van der Waals surface area contributed by atoms with E-state index in [0.717, 1.165) is 64.2 Å².